The van der Waals surface area contributed by atoms with Crippen molar-refractivity contribution in [1.82, 2.24) is 19.0 Å². The maximum atomic E-state index is 13.9. The molecule has 10 heteroatoms. The van der Waals surface area contributed by atoms with E-state index in [2.05, 4.69) is 19.1 Å². The number of thiazole rings is 1. The van der Waals surface area contributed by atoms with Gasteiger partial charge in [-0.25, -0.2) is 4.98 Å². The van der Waals surface area contributed by atoms with E-state index in [1.807, 2.05) is 48.7 Å². The highest BCUT2D eigenvalue weighted by Crippen LogP contribution is 2.30. The van der Waals surface area contributed by atoms with Gasteiger partial charge in [0.2, 0.25) is 5.91 Å². The molecular formula is C26H28N4O3S3. The standard InChI is InChI=1S/C26H28N4O3S3/c1-5-17-12-14-18(15-13-17)29-23-22(36-26(29)34)24(32)30(19-10-8-9-11-20(19)33-4)25(27-23)35-16-21(31)28(6-2)7-3/h8-15H,5-7,16H2,1-4H3. The van der Waals surface area contributed by atoms with E-state index in [9.17, 15) is 9.59 Å². The van der Waals surface area contributed by atoms with Crippen LogP contribution in [0.2, 0.25) is 0 Å². The molecule has 0 aliphatic rings. The van der Waals surface area contributed by atoms with Crippen LogP contribution in [0.5, 0.6) is 5.75 Å². The van der Waals surface area contributed by atoms with Crippen LogP contribution in [0.4, 0.5) is 0 Å². The van der Waals surface area contributed by atoms with Crippen molar-refractivity contribution in [3.05, 3.63) is 68.4 Å². The smallest absolute Gasteiger partial charge is 0.278 e. The molecule has 7 nitrogen and oxygen atoms in total. The van der Waals surface area contributed by atoms with Crippen LogP contribution in [0.25, 0.3) is 21.7 Å². The first-order chi connectivity index (χ1) is 17.4. The molecule has 4 aromatic rings. The molecule has 2 heterocycles. The Morgan fingerprint density at radius 3 is 2.42 bits per heavy atom. The summed E-state index contributed by atoms with van der Waals surface area (Å²) in [6, 6.07) is 15.4. The molecule has 0 saturated carbocycles. The van der Waals surface area contributed by atoms with E-state index in [0.29, 0.717) is 44.0 Å². The zero-order chi connectivity index (χ0) is 25.8. The highest BCUT2D eigenvalue weighted by molar-refractivity contribution is 7.99. The molecule has 0 N–H and O–H groups in total. The van der Waals surface area contributed by atoms with Gasteiger partial charge >= 0.3 is 0 Å². The zero-order valence-corrected chi connectivity index (χ0v) is 23.1. The lowest BCUT2D eigenvalue weighted by molar-refractivity contribution is -0.127. The summed E-state index contributed by atoms with van der Waals surface area (Å²) in [5.41, 5.74) is 2.86. The number of para-hydroxylation sites is 2. The SMILES string of the molecule is CCc1ccc(-n2c(=S)sc3c(=O)n(-c4ccccc4OC)c(SCC(=O)N(CC)CC)nc32)cc1. The minimum absolute atomic E-state index is 0.0109. The summed E-state index contributed by atoms with van der Waals surface area (Å²) in [7, 11) is 1.56. The molecule has 4 rings (SSSR count). The van der Waals surface area contributed by atoms with E-state index in [4.69, 9.17) is 21.9 Å². The van der Waals surface area contributed by atoms with E-state index in [-0.39, 0.29) is 17.2 Å². The van der Waals surface area contributed by atoms with Crippen LogP contribution in [-0.4, -0.2) is 50.9 Å². The van der Waals surface area contributed by atoms with Crippen molar-refractivity contribution in [2.75, 3.05) is 26.0 Å². The third-order valence-corrected chi connectivity index (χ3v) is 8.22. The fraction of sp³-hybridized carbons (Fsp3) is 0.308. The first-order valence-electron chi connectivity index (χ1n) is 11.7. The van der Waals surface area contributed by atoms with Crippen LogP contribution in [0.1, 0.15) is 26.3 Å². The van der Waals surface area contributed by atoms with Crippen molar-refractivity contribution in [2.45, 2.75) is 32.3 Å². The Labute approximate surface area is 223 Å². The number of aryl methyl sites for hydroxylation is 1. The van der Waals surface area contributed by atoms with Gasteiger partial charge in [0.05, 0.1) is 18.6 Å². The number of aromatic nitrogens is 3. The van der Waals surface area contributed by atoms with E-state index in [1.165, 1.54) is 33.2 Å². The zero-order valence-electron chi connectivity index (χ0n) is 20.7. The highest BCUT2D eigenvalue weighted by atomic mass is 32.2. The number of hydrogen-bond donors (Lipinski definition) is 0. The van der Waals surface area contributed by atoms with Gasteiger partial charge in [0.15, 0.2) is 14.8 Å². The van der Waals surface area contributed by atoms with Gasteiger partial charge in [-0.2, -0.15) is 0 Å². The fourth-order valence-corrected chi connectivity index (χ4v) is 6.16. The number of carbonyl (C=O) groups is 1. The minimum atomic E-state index is -0.248. The number of hydrogen-bond acceptors (Lipinski definition) is 7. The Kier molecular flexibility index (Phi) is 8.28. The number of methoxy groups -OCH3 is 1. The summed E-state index contributed by atoms with van der Waals surface area (Å²) >= 11 is 8.15. The molecule has 188 valence electrons. The molecule has 0 fully saturated rings. The van der Waals surface area contributed by atoms with Gasteiger partial charge in [-0.3, -0.25) is 18.7 Å². The summed E-state index contributed by atoms with van der Waals surface area (Å²) in [5, 5.41) is 0.407. The Morgan fingerprint density at radius 1 is 1.08 bits per heavy atom. The van der Waals surface area contributed by atoms with Crippen molar-refractivity contribution in [2.24, 2.45) is 0 Å². The van der Waals surface area contributed by atoms with Crippen LogP contribution in [0.15, 0.2) is 58.5 Å². The van der Waals surface area contributed by atoms with Gasteiger partial charge in [-0.05, 0) is 62.3 Å². The Morgan fingerprint density at radius 2 is 1.78 bits per heavy atom. The number of nitrogens with zero attached hydrogens (tertiary/aromatic N) is 4. The van der Waals surface area contributed by atoms with Crippen LogP contribution < -0.4 is 10.3 Å². The van der Waals surface area contributed by atoms with Crippen molar-refractivity contribution < 1.29 is 9.53 Å². The molecule has 2 aromatic carbocycles. The molecule has 0 atom stereocenters. The second-order valence-corrected chi connectivity index (χ2v) is 10.5. The van der Waals surface area contributed by atoms with E-state index in [1.54, 1.807) is 18.1 Å². The monoisotopic (exact) mass is 540 g/mol. The van der Waals surface area contributed by atoms with Crippen LogP contribution >= 0.6 is 35.3 Å². The molecule has 0 bridgehead atoms. The molecule has 0 saturated heterocycles. The highest BCUT2D eigenvalue weighted by Gasteiger charge is 2.22. The van der Waals surface area contributed by atoms with Gasteiger partial charge in [0, 0.05) is 18.8 Å². The summed E-state index contributed by atoms with van der Waals surface area (Å²) in [5.74, 6) is 0.685. The lowest BCUT2D eigenvalue weighted by atomic mass is 10.1. The summed E-state index contributed by atoms with van der Waals surface area (Å²) in [6.07, 6.45) is 0.930. The maximum absolute atomic E-state index is 13.9. The second kappa shape index (κ2) is 11.4. The molecule has 0 spiro atoms. The number of carbonyl (C=O) groups excluding carboxylic acids is 1. The molecular weight excluding hydrogens is 513 g/mol. The number of thioether (sulfide) groups is 1. The minimum Gasteiger partial charge on any atom is -0.495 e. The number of amides is 1. The van der Waals surface area contributed by atoms with Gasteiger partial charge in [0.25, 0.3) is 5.56 Å². The molecule has 36 heavy (non-hydrogen) atoms. The van der Waals surface area contributed by atoms with Crippen molar-refractivity contribution >= 4 is 51.6 Å². The first kappa shape index (κ1) is 26.1. The predicted molar refractivity (Wildman–Crippen MR) is 150 cm³/mol. The van der Waals surface area contributed by atoms with Crippen molar-refractivity contribution in [3.8, 4) is 17.1 Å². The average molecular weight is 541 g/mol. The van der Waals surface area contributed by atoms with Crippen LogP contribution in [-0.2, 0) is 11.2 Å². The second-order valence-electron chi connectivity index (χ2n) is 7.94. The van der Waals surface area contributed by atoms with Gasteiger partial charge < -0.3 is 9.64 Å². The Balaban J connectivity index is 1.93. The number of rotatable bonds is 9. The molecule has 0 unspecified atom stereocenters. The number of ether oxygens (including phenoxy) is 1. The average Bonchev–Trinajstić information content (AvgIpc) is 3.24. The molecule has 2 aromatic heterocycles. The van der Waals surface area contributed by atoms with Gasteiger partial charge in [0.1, 0.15) is 10.4 Å². The van der Waals surface area contributed by atoms with Gasteiger partial charge in [-0.15, -0.1) is 0 Å². The molecule has 0 radical (unpaired) electrons. The number of fused-ring (bicyclic) bond motifs is 1. The quantitative estimate of drug-likeness (QED) is 0.159. The molecule has 0 aliphatic heterocycles. The lowest BCUT2D eigenvalue weighted by Crippen LogP contribution is -2.32. The third kappa shape index (κ3) is 4.98. The molecule has 1 amide bonds. The predicted octanol–water partition coefficient (Wildman–Crippen LogP) is 5.50. The Bertz CT molecular complexity index is 1500. The summed E-state index contributed by atoms with van der Waals surface area (Å²) < 4.78 is 9.89. The Hall–Kier alpha value is -2.95. The topological polar surface area (TPSA) is 69.4 Å². The molecule has 0 aliphatic carbocycles. The van der Waals surface area contributed by atoms with Gasteiger partial charge in [-0.1, -0.05) is 54.3 Å². The van der Waals surface area contributed by atoms with E-state index in [0.717, 1.165) is 12.1 Å². The lowest BCUT2D eigenvalue weighted by Gasteiger charge is -2.19. The number of benzene rings is 2. The largest absolute Gasteiger partial charge is 0.495 e. The normalized spacial score (nSPS) is 11.1. The van der Waals surface area contributed by atoms with E-state index < -0.39 is 0 Å². The fourth-order valence-electron chi connectivity index (χ4n) is 3.96. The van der Waals surface area contributed by atoms with Crippen LogP contribution in [0, 0.1) is 3.95 Å². The van der Waals surface area contributed by atoms with Crippen molar-refractivity contribution in [3.63, 3.8) is 0 Å². The van der Waals surface area contributed by atoms with Crippen molar-refractivity contribution in [1.29, 1.82) is 0 Å². The van der Waals surface area contributed by atoms with E-state index >= 15 is 0 Å². The summed E-state index contributed by atoms with van der Waals surface area (Å²) in [4.78, 5) is 33.4. The summed E-state index contributed by atoms with van der Waals surface area (Å²) in [6.45, 7) is 7.25. The van der Waals surface area contributed by atoms with Crippen LogP contribution in [0.3, 0.4) is 0 Å². The first-order valence-corrected chi connectivity index (χ1v) is 14.0. The third-order valence-electron chi connectivity index (χ3n) is 5.95. The maximum Gasteiger partial charge on any atom is 0.278 e.